The monoisotopic (exact) mass is 219 g/mol. The Morgan fingerprint density at radius 1 is 1.54 bits per heavy atom. The van der Waals surface area contributed by atoms with E-state index in [1.54, 1.807) is 6.07 Å². The Labute approximate surface area is 84.3 Å². The van der Waals surface area contributed by atoms with E-state index in [-0.39, 0.29) is 4.90 Å². The summed E-state index contributed by atoms with van der Waals surface area (Å²) >= 11 is 4.03. The van der Waals surface area contributed by atoms with Crippen LogP contribution in [0.1, 0.15) is 5.56 Å². The smallest absolute Gasteiger partial charge is 0.140 e. The van der Waals surface area contributed by atoms with E-state index in [1.807, 2.05) is 0 Å². The molecule has 72 valence electrons. The van der Waals surface area contributed by atoms with Crippen molar-refractivity contribution in [3.05, 3.63) is 29.6 Å². The first kappa shape index (κ1) is 10.7. The third-order valence-corrected chi connectivity index (χ3v) is 2.60. The van der Waals surface area contributed by atoms with E-state index >= 15 is 0 Å². The molecule has 2 N–H and O–H groups in total. The van der Waals surface area contributed by atoms with E-state index < -0.39 is 16.8 Å². The number of hydrogen-bond acceptors (Lipinski definition) is 2. The quantitative estimate of drug-likeness (QED) is 0.739. The van der Waals surface area contributed by atoms with Crippen molar-refractivity contribution in [2.24, 2.45) is 5.14 Å². The number of nitrogens with two attached hydrogens (primary N) is 1. The van der Waals surface area contributed by atoms with Crippen molar-refractivity contribution in [3.8, 4) is 0 Å². The highest BCUT2D eigenvalue weighted by Crippen LogP contribution is 2.13. The van der Waals surface area contributed by atoms with Gasteiger partial charge in [0.05, 0.1) is 4.90 Å². The van der Waals surface area contributed by atoms with E-state index in [0.717, 1.165) is 5.56 Å². The molecular weight excluding hydrogens is 209 g/mol. The lowest BCUT2D eigenvalue weighted by molar-refractivity contribution is 0.593. The van der Waals surface area contributed by atoms with E-state index in [9.17, 15) is 8.60 Å². The molecule has 0 bridgehead atoms. The standard InChI is InChI=1S/C8H10FNOS2/c9-7-5-6(3-4-12)1-2-8(7)13(10)11/h1-2,5,12H,3-4,10H2. The van der Waals surface area contributed by atoms with Crippen molar-refractivity contribution in [1.82, 2.24) is 0 Å². The van der Waals surface area contributed by atoms with Crippen molar-refractivity contribution in [1.29, 1.82) is 0 Å². The fourth-order valence-electron chi connectivity index (χ4n) is 0.992. The van der Waals surface area contributed by atoms with Gasteiger partial charge in [-0.25, -0.2) is 13.7 Å². The average molecular weight is 219 g/mol. The van der Waals surface area contributed by atoms with E-state index in [2.05, 4.69) is 12.6 Å². The molecule has 0 spiro atoms. The summed E-state index contributed by atoms with van der Waals surface area (Å²) in [5.41, 5.74) is 0.835. The molecule has 0 aliphatic heterocycles. The molecule has 0 saturated heterocycles. The van der Waals surface area contributed by atoms with Crippen LogP contribution in [0.5, 0.6) is 0 Å². The van der Waals surface area contributed by atoms with Crippen LogP contribution in [0.25, 0.3) is 0 Å². The van der Waals surface area contributed by atoms with Crippen molar-refractivity contribution >= 4 is 23.6 Å². The second-order valence-electron chi connectivity index (χ2n) is 2.54. The maximum absolute atomic E-state index is 13.1. The minimum atomic E-state index is -1.75. The van der Waals surface area contributed by atoms with Crippen LogP contribution in [0, 0.1) is 5.82 Å². The molecule has 5 heteroatoms. The van der Waals surface area contributed by atoms with Gasteiger partial charge in [0.15, 0.2) is 0 Å². The Balaban J connectivity index is 2.98. The zero-order chi connectivity index (χ0) is 9.84. The minimum absolute atomic E-state index is 0.0444. The molecule has 2 nitrogen and oxygen atoms in total. The largest absolute Gasteiger partial charge is 0.247 e. The molecule has 1 atom stereocenters. The van der Waals surface area contributed by atoms with Gasteiger partial charge in [-0.3, -0.25) is 0 Å². The molecule has 1 unspecified atom stereocenters. The zero-order valence-electron chi connectivity index (χ0n) is 6.87. The summed E-state index contributed by atoms with van der Waals surface area (Å²) in [6.45, 7) is 0. The van der Waals surface area contributed by atoms with E-state index in [4.69, 9.17) is 5.14 Å². The third kappa shape index (κ3) is 2.79. The summed E-state index contributed by atoms with van der Waals surface area (Å²) in [6, 6.07) is 4.50. The highest BCUT2D eigenvalue weighted by molar-refractivity contribution is 7.82. The number of benzene rings is 1. The topological polar surface area (TPSA) is 43.1 Å². The molecule has 0 fully saturated rings. The Morgan fingerprint density at radius 2 is 2.23 bits per heavy atom. The second kappa shape index (κ2) is 4.74. The summed E-state index contributed by atoms with van der Waals surface area (Å²) in [4.78, 5) is 0.0444. The lowest BCUT2D eigenvalue weighted by atomic mass is 10.2. The van der Waals surface area contributed by atoms with Crippen LogP contribution in [-0.4, -0.2) is 9.96 Å². The Bertz CT molecular complexity index is 330. The fourth-order valence-corrected chi connectivity index (χ4v) is 1.70. The highest BCUT2D eigenvalue weighted by atomic mass is 32.2. The fraction of sp³-hybridized carbons (Fsp3) is 0.250. The molecule has 0 amide bonds. The van der Waals surface area contributed by atoms with Crippen molar-refractivity contribution in [2.75, 3.05) is 5.75 Å². The Hall–Kier alpha value is -0.390. The molecule has 1 rings (SSSR count). The van der Waals surface area contributed by atoms with Crippen molar-refractivity contribution < 1.29 is 8.60 Å². The van der Waals surface area contributed by atoms with Crippen LogP contribution in [0.15, 0.2) is 23.1 Å². The molecule has 0 aliphatic carbocycles. The van der Waals surface area contributed by atoms with Crippen LogP contribution in [0.2, 0.25) is 0 Å². The first-order valence-electron chi connectivity index (χ1n) is 3.70. The summed E-state index contributed by atoms with van der Waals surface area (Å²) in [5, 5.41) is 5.06. The van der Waals surface area contributed by atoms with Gasteiger partial charge in [-0.2, -0.15) is 12.6 Å². The molecule has 0 aromatic heterocycles. The van der Waals surface area contributed by atoms with Gasteiger partial charge in [0, 0.05) is 0 Å². The predicted molar refractivity (Wildman–Crippen MR) is 54.6 cm³/mol. The molecule has 0 aliphatic rings. The maximum Gasteiger partial charge on any atom is 0.140 e. The van der Waals surface area contributed by atoms with Gasteiger partial charge < -0.3 is 0 Å². The molecule has 1 aromatic rings. The van der Waals surface area contributed by atoms with E-state index in [0.29, 0.717) is 12.2 Å². The molecule has 13 heavy (non-hydrogen) atoms. The summed E-state index contributed by atoms with van der Waals surface area (Å²) in [5.74, 6) is 0.143. The van der Waals surface area contributed by atoms with Crippen LogP contribution in [0.4, 0.5) is 4.39 Å². The normalized spacial score (nSPS) is 12.8. The number of thiol groups is 1. The first-order chi connectivity index (χ1) is 6.15. The molecule has 0 radical (unpaired) electrons. The van der Waals surface area contributed by atoms with Crippen LogP contribution >= 0.6 is 12.6 Å². The number of halogens is 1. The van der Waals surface area contributed by atoms with Gasteiger partial charge >= 0.3 is 0 Å². The third-order valence-electron chi connectivity index (χ3n) is 1.61. The second-order valence-corrected chi connectivity index (χ2v) is 4.02. The summed E-state index contributed by atoms with van der Waals surface area (Å²) in [7, 11) is -1.75. The minimum Gasteiger partial charge on any atom is -0.247 e. The zero-order valence-corrected chi connectivity index (χ0v) is 8.58. The number of rotatable bonds is 3. The van der Waals surface area contributed by atoms with Crippen LogP contribution in [-0.2, 0) is 17.4 Å². The predicted octanol–water partition coefficient (Wildman–Crippen LogP) is 1.28. The van der Waals surface area contributed by atoms with Gasteiger partial charge in [-0.05, 0) is 29.9 Å². The van der Waals surface area contributed by atoms with Gasteiger partial charge in [-0.1, -0.05) is 6.07 Å². The first-order valence-corrected chi connectivity index (χ1v) is 5.55. The molecular formula is C8H10FNOS2. The van der Waals surface area contributed by atoms with Crippen molar-refractivity contribution in [3.63, 3.8) is 0 Å². The molecule has 0 heterocycles. The van der Waals surface area contributed by atoms with E-state index in [1.165, 1.54) is 12.1 Å². The molecule has 0 saturated carbocycles. The van der Waals surface area contributed by atoms with Gasteiger partial charge in [0.2, 0.25) is 0 Å². The Kier molecular flexibility index (Phi) is 3.90. The number of aryl methyl sites for hydroxylation is 1. The average Bonchev–Trinajstić information content (AvgIpc) is 2.04. The molecule has 1 aromatic carbocycles. The SMILES string of the molecule is NS(=O)c1ccc(CCS)cc1F. The number of hydrogen-bond donors (Lipinski definition) is 2. The summed E-state index contributed by atoms with van der Waals surface area (Å²) in [6.07, 6.45) is 0.692. The highest BCUT2D eigenvalue weighted by Gasteiger charge is 2.06. The van der Waals surface area contributed by atoms with Crippen molar-refractivity contribution in [2.45, 2.75) is 11.3 Å². The van der Waals surface area contributed by atoms with Gasteiger partial charge in [0.25, 0.3) is 0 Å². The lowest BCUT2D eigenvalue weighted by Gasteiger charge is -2.01. The van der Waals surface area contributed by atoms with Gasteiger partial charge in [0.1, 0.15) is 16.8 Å². The van der Waals surface area contributed by atoms with Gasteiger partial charge in [-0.15, -0.1) is 0 Å². The van der Waals surface area contributed by atoms with Crippen LogP contribution in [0.3, 0.4) is 0 Å². The Morgan fingerprint density at radius 3 is 2.69 bits per heavy atom. The maximum atomic E-state index is 13.1. The van der Waals surface area contributed by atoms with Crippen LogP contribution < -0.4 is 5.14 Å². The lowest BCUT2D eigenvalue weighted by Crippen LogP contribution is -2.05. The summed E-state index contributed by atoms with van der Waals surface area (Å²) < 4.78 is 23.9.